The number of hydrogen-bond donors (Lipinski definition) is 3. The number of nitrogens with zero attached hydrogens (tertiary/aromatic N) is 1. The zero-order valence-corrected chi connectivity index (χ0v) is 17.2. The van der Waals surface area contributed by atoms with E-state index in [1.165, 1.54) is 0 Å². The molecule has 1 fully saturated rings. The lowest BCUT2D eigenvalue weighted by atomic mass is 10.1. The summed E-state index contributed by atoms with van der Waals surface area (Å²) in [6.45, 7) is 7.80. The Kier molecular flexibility index (Phi) is 11.8. The van der Waals surface area contributed by atoms with Gasteiger partial charge in [0.15, 0.2) is 5.96 Å². The van der Waals surface area contributed by atoms with Crippen molar-refractivity contribution in [3.63, 3.8) is 0 Å². The van der Waals surface area contributed by atoms with E-state index in [-0.39, 0.29) is 11.9 Å². The highest BCUT2D eigenvalue weighted by Crippen LogP contribution is 2.11. The van der Waals surface area contributed by atoms with Gasteiger partial charge in [-0.1, -0.05) is 13.8 Å². The number of nitrogens with one attached hydrogen (secondary N) is 3. The van der Waals surface area contributed by atoms with Gasteiger partial charge in [0.05, 0.1) is 11.9 Å². The molecule has 1 aliphatic rings. The number of rotatable bonds is 12. The Labute approximate surface area is 158 Å². The highest BCUT2D eigenvalue weighted by Gasteiger charge is 2.17. The smallest absolute Gasteiger partial charge is 0.213 e. The first-order valence-electron chi connectivity index (χ1n) is 9.54. The van der Waals surface area contributed by atoms with Crippen LogP contribution in [0.4, 0.5) is 0 Å². The molecule has 0 saturated carbocycles. The van der Waals surface area contributed by atoms with Gasteiger partial charge in [-0.15, -0.1) is 0 Å². The minimum Gasteiger partial charge on any atom is -0.381 e. The van der Waals surface area contributed by atoms with Crippen LogP contribution in [0.5, 0.6) is 0 Å². The fourth-order valence-electron chi connectivity index (χ4n) is 2.48. The molecule has 0 aromatic rings. The highest BCUT2D eigenvalue weighted by atomic mass is 32.2. The standard InChI is InChI=1S/C17H36N4O4S/c1-15(2)14-24-10-6-8-19-17(18-3)20-9-12-26(22,23)21-13-16-7-4-5-11-25-16/h15-16,21H,4-14H2,1-3H3,(H2,18,19,20). The molecule has 1 aliphatic heterocycles. The summed E-state index contributed by atoms with van der Waals surface area (Å²) in [6, 6.07) is 0. The van der Waals surface area contributed by atoms with E-state index in [9.17, 15) is 8.42 Å². The molecule has 1 heterocycles. The first-order chi connectivity index (χ1) is 12.4. The zero-order chi connectivity index (χ0) is 19.3. The van der Waals surface area contributed by atoms with Crippen molar-refractivity contribution in [2.45, 2.75) is 45.6 Å². The third kappa shape index (κ3) is 11.7. The van der Waals surface area contributed by atoms with Crippen LogP contribution in [0.1, 0.15) is 39.5 Å². The van der Waals surface area contributed by atoms with Crippen molar-refractivity contribution < 1.29 is 17.9 Å². The van der Waals surface area contributed by atoms with Crippen LogP contribution in [-0.4, -0.2) is 72.7 Å². The fourth-order valence-corrected chi connectivity index (χ4v) is 3.44. The average molecular weight is 393 g/mol. The molecule has 3 N–H and O–H groups in total. The van der Waals surface area contributed by atoms with E-state index in [4.69, 9.17) is 9.47 Å². The molecule has 0 bridgehead atoms. The molecule has 1 saturated heterocycles. The lowest BCUT2D eigenvalue weighted by molar-refractivity contribution is 0.0200. The minimum atomic E-state index is -3.32. The Morgan fingerprint density at radius 2 is 2.04 bits per heavy atom. The van der Waals surface area contributed by atoms with Gasteiger partial charge in [0, 0.05) is 46.5 Å². The van der Waals surface area contributed by atoms with Crippen molar-refractivity contribution in [2.24, 2.45) is 10.9 Å². The second-order valence-corrected chi connectivity index (χ2v) is 8.83. The Bertz CT molecular complexity index is 491. The van der Waals surface area contributed by atoms with E-state index in [2.05, 4.69) is 34.2 Å². The summed E-state index contributed by atoms with van der Waals surface area (Å²) in [6.07, 6.45) is 3.94. The van der Waals surface area contributed by atoms with Crippen LogP contribution in [0.15, 0.2) is 4.99 Å². The molecule has 154 valence electrons. The molecule has 0 aliphatic carbocycles. The van der Waals surface area contributed by atoms with Gasteiger partial charge in [0.2, 0.25) is 10.0 Å². The number of guanidine groups is 1. The molecular formula is C17H36N4O4S. The molecule has 26 heavy (non-hydrogen) atoms. The Hall–Kier alpha value is -0.900. The molecule has 0 aromatic heterocycles. The molecule has 9 heteroatoms. The maximum absolute atomic E-state index is 12.0. The molecule has 0 radical (unpaired) electrons. The van der Waals surface area contributed by atoms with E-state index >= 15 is 0 Å². The summed E-state index contributed by atoms with van der Waals surface area (Å²) in [5, 5.41) is 6.17. The third-order valence-corrected chi connectivity index (χ3v) is 5.25. The van der Waals surface area contributed by atoms with Gasteiger partial charge < -0.3 is 20.1 Å². The topological polar surface area (TPSA) is 101 Å². The summed E-state index contributed by atoms with van der Waals surface area (Å²) in [5.41, 5.74) is 0. The maximum Gasteiger partial charge on any atom is 0.213 e. The van der Waals surface area contributed by atoms with Gasteiger partial charge in [-0.2, -0.15) is 0 Å². The summed E-state index contributed by atoms with van der Waals surface area (Å²) in [4.78, 5) is 4.09. The van der Waals surface area contributed by atoms with Gasteiger partial charge >= 0.3 is 0 Å². The van der Waals surface area contributed by atoms with Crippen LogP contribution in [0, 0.1) is 5.92 Å². The molecule has 1 unspecified atom stereocenters. The van der Waals surface area contributed by atoms with E-state index in [1.54, 1.807) is 7.05 Å². The van der Waals surface area contributed by atoms with Gasteiger partial charge in [-0.25, -0.2) is 13.1 Å². The second-order valence-electron chi connectivity index (χ2n) is 6.90. The molecule has 0 spiro atoms. The molecule has 1 atom stereocenters. The van der Waals surface area contributed by atoms with Crippen molar-refractivity contribution in [3.8, 4) is 0 Å². The van der Waals surface area contributed by atoms with Gasteiger partial charge in [0.25, 0.3) is 0 Å². The number of hydrogen-bond acceptors (Lipinski definition) is 5. The monoisotopic (exact) mass is 392 g/mol. The number of aliphatic imine (C=N–C) groups is 1. The van der Waals surface area contributed by atoms with E-state index in [0.29, 0.717) is 31.6 Å². The van der Waals surface area contributed by atoms with Crippen molar-refractivity contribution in [1.82, 2.24) is 15.4 Å². The molecular weight excluding hydrogens is 356 g/mol. The lowest BCUT2D eigenvalue weighted by Crippen LogP contribution is -2.42. The van der Waals surface area contributed by atoms with Gasteiger partial charge in [0.1, 0.15) is 0 Å². The number of sulfonamides is 1. The van der Waals surface area contributed by atoms with Gasteiger partial charge in [-0.3, -0.25) is 4.99 Å². The van der Waals surface area contributed by atoms with E-state index in [1.807, 2.05) is 0 Å². The van der Waals surface area contributed by atoms with Crippen LogP contribution in [0.3, 0.4) is 0 Å². The van der Waals surface area contributed by atoms with Crippen molar-refractivity contribution >= 4 is 16.0 Å². The van der Waals surface area contributed by atoms with Gasteiger partial charge in [-0.05, 0) is 31.6 Å². The number of ether oxygens (including phenoxy) is 2. The summed E-state index contributed by atoms with van der Waals surface area (Å²) in [5.74, 6) is 1.13. The minimum absolute atomic E-state index is 0.00108. The SMILES string of the molecule is CN=C(NCCCOCC(C)C)NCCS(=O)(=O)NCC1CCCCO1. The van der Waals surface area contributed by atoms with E-state index in [0.717, 1.165) is 45.4 Å². The van der Waals surface area contributed by atoms with Crippen LogP contribution in [0.25, 0.3) is 0 Å². The van der Waals surface area contributed by atoms with Crippen molar-refractivity contribution in [3.05, 3.63) is 0 Å². The molecule has 1 rings (SSSR count). The zero-order valence-electron chi connectivity index (χ0n) is 16.4. The maximum atomic E-state index is 12.0. The van der Waals surface area contributed by atoms with Crippen molar-refractivity contribution in [1.29, 1.82) is 0 Å². The van der Waals surface area contributed by atoms with Crippen LogP contribution < -0.4 is 15.4 Å². The molecule has 0 amide bonds. The molecule has 0 aromatic carbocycles. The Balaban J connectivity index is 2.12. The normalized spacial score (nSPS) is 18.9. The highest BCUT2D eigenvalue weighted by molar-refractivity contribution is 7.89. The lowest BCUT2D eigenvalue weighted by Gasteiger charge is -2.22. The van der Waals surface area contributed by atoms with Crippen LogP contribution >= 0.6 is 0 Å². The predicted molar refractivity (Wildman–Crippen MR) is 105 cm³/mol. The quantitative estimate of drug-likeness (QED) is 0.257. The van der Waals surface area contributed by atoms with Crippen molar-refractivity contribution in [2.75, 3.05) is 52.3 Å². The predicted octanol–water partition coefficient (Wildman–Crippen LogP) is 0.703. The van der Waals surface area contributed by atoms with E-state index < -0.39 is 10.0 Å². The average Bonchev–Trinajstić information content (AvgIpc) is 2.62. The third-order valence-electron chi connectivity index (χ3n) is 3.90. The first kappa shape index (κ1) is 23.1. The Morgan fingerprint density at radius 3 is 2.69 bits per heavy atom. The summed E-state index contributed by atoms with van der Waals surface area (Å²) in [7, 11) is -1.66. The largest absolute Gasteiger partial charge is 0.381 e. The summed E-state index contributed by atoms with van der Waals surface area (Å²) < 4.78 is 37.8. The molecule has 8 nitrogen and oxygen atoms in total. The Morgan fingerprint density at radius 1 is 1.27 bits per heavy atom. The second kappa shape index (κ2) is 13.3. The summed E-state index contributed by atoms with van der Waals surface area (Å²) >= 11 is 0. The van der Waals surface area contributed by atoms with Crippen LogP contribution in [-0.2, 0) is 19.5 Å². The van der Waals surface area contributed by atoms with Crippen LogP contribution in [0.2, 0.25) is 0 Å². The fraction of sp³-hybridized carbons (Fsp3) is 0.941. The first-order valence-corrected chi connectivity index (χ1v) is 11.2.